The van der Waals surface area contributed by atoms with E-state index in [0.29, 0.717) is 25.9 Å². The maximum atomic E-state index is 13.1. The number of benzene rings is 2. The molecule has 41 heavy (non-hydrogen) atoms. The largest absolute Gasteiger partial charge is 0.489 e. The fraction of sp³-hybridized carbons (Fsp3) is 0.424. The fourth-order valence-electron chi connectivity index (χ4n) is 4.08. The van der Waals surface area contributed by atoms with Crippen LogP contribution >= 0.6 is 0 Å². The molecule has 8 nitrogen and oxygen atoms in total. The molecule has 0 aliphatic heterocycles. The average Bonchev–Trinajstić information content (AvgIpc) is 2.97. The minimum atomic E-state index is -0.648. The van der Waals surface area contributed by atoms with E-state index in [2.05, 4.69) is 23.8 Å². The summed E-state index contributed by atoms with van der Waals surface area (Å²) in [5.41, 5.74) is 2.00. The lowest BCUT2D eigenvalue weighted by molar-refractivity contribution is -0.145. The van der Waals surface area contributed by atoms with Crippen LogP contribution < -0.4 is 15.4 Å². The molecule has 8 heteroatoms. The summed E-state index contributed by atoms with van der Waals surface area (Å²) < 4.78 is 11.1. The van der Waals surface area contributed by atoms with E-state index in [4.69, 9.17) is 9.47 Å². The van der Waals surface area contributed by atoms with Crippen molar-refractivity contribution < 1.29 is 29.0 Å². The van der Waals surface area contributed by atoms with E-state index in [1.54, 1.807) is 12.2 Å². The van der Waals surface area contributed by atoms with Crippen LogP contribution in [-0.2, 0) is 32.1 Å². The maximum Gasteiger partial charge on any atom is 0.306 e. The second kappa shape index (κ2) is 18.4. The number of nitrogens with one attached hydrogen (secondary N) is 2. The Balaban J connectivity index is 1.89. The highest BCUT2D eigenvalue weighted by Gasteiger charge is 2.26. The van der Waals surface area contributed by atoms with E-state index in [0.717, 1.165) is 16.9 Å². The Morgan fingerprint density at radius 1 is 0.951 bits per heavy atom. The number of hydrogen-bond donors (Lipinski definition) is 3. The van der Waals surface area contributed by atoms with Crippen molar-refractivity contribution in [1.29, 1.82) is 0 Å². The van der Waals surface area contributed by atoms with Crippen molar-refractivity contribution in [1.82, 2.24) is 10.6 Å². The zero-order valence-electron chi connectivity index (χ0n) is 24.2. The Hall–Kier alpha value is -3.91. The van der Waals surface area contributed by atoms with E-state index >= 15 is 0 Å². The van der Waals surface area contributed by atoms with Crippen LogP contribution in [0.2, 0.25) is 0 Å². The summed E-state index contributed by atoms with van der Waals surface area (Å²) in [5, 5.41) is 15.7. The third-order valence-electron chi connectivity index (χ3n) is 6.60. The monoisotopic (exact) mass is 564 g/mol. The lowest BCUT2D eigenvalue weighted by Gasteiger charge is -2.25. The summed E-state index contributed by atoms with van der Waals surface area (Å²) in [7, 11) is 0. The van der Waals surface area contributed by atoms with E-state index in [1.165, 1.54) is 0 Å². The van der Waals surface area contributed by atoms with Gasteiger partial charge >= 0.3 is 5.97 Å². The lowest BCUT2D eigenvalue weighted by atomic mass is 9.97. The Kier molecular flexibility index (Phi) is 15.0. The highest BCUT2D eigenvalue weighted by Crippen LogP contribution is 2.16. The smallest absolute Gasteiger partial charge is 0.306 e. The summed E-state index contributed by atoms with van der Waals surface area (Å²) in [5.74, 6) is -0.912. The molecule has 2 rings (SSSR count). The third-order valence-corrected chi connectivity index (χ3v) is 6.60. The van der Waals surface area contributed by atoms with Gasteiger partial charge in [0.1, 0.15) is 19.0 Å². The second-order valence-electron chi connectivity index (χ2n) is 10.4. The number of aliphatic hydroxyl groups excluding tert-OH is 1. The third kappa shape index (κ3) is 12.9. The zero-order valence-corrected chi connectivity index (χ0v) is 24.2. The Morgan fingerprint density at radius 3 is 2.27 bits per heavy atom. The highest BCUT2D eigenvalue weighted by molar-refractivity contribution is 5.86. The van der Waals surface area contributed by atoms with Gasteiger partial charge in [0.05, 0.1) is 24.6 Å². The Labute approximate surface area is 243 Å². The number of hydrogen-bond acceptors (Lipinski definition) is 6. The van der Waals surface area contributed by atoms with Gasteiger partial charge < -0.3 is 25.2 Å². The molecule has 2 aromatic carbocycles. The molecule has 2 aromatic rings. The lowest BCUT2D eigenvalue weighted by Crippen LogP contribution is -2.46. The van der Waals surface area contributed by atoms with Gasteiger partial charge in [-0.15, -0.1) is 13.2 Å². The minimum absolute atomic E-state index is 0.0123. The normalized spacial score (nSPS) is 13.0. The molecule has 0 aromatic heterocycles. The quantitative estimate of drug-likeness (QED) is 0.171. The number of allylic oxidation sites excluding steroid dienone is 2. The topological polar surface area (TPSA) is 114 Å². The number of amides is 2. The summed E-state index contributed by atoms with van der Waals surface area (Å²) in [6.07, 6.45) is 4.67. The van der Waals surface area contributed by atoms with Crippen molar-refractivity contribution in [2.24, 2.45) is 11.8 Å². The first-order chi connectivity index (χ1) is 19.7. The van der Waals surface area contributed by atoms with E-state index in [1.807, 2.05) is 68.4 Å². The molecule has 0 spiro atoms. The second-order valence-corrected chi connectivity index (χ2v) is 10.4. The van der Waals surface area contributed by atoms with Crippen LogP contribution in [0.15, 0.2) is 79.9 Å². The molecule has 0 fully saturated rings. The van der Waals surface area contributed by atoms with E-state index < -0.39 is 18.0 Å². The van der Waals surface area contributed by atoms with Gasteiger partial charge in [-0.05, 0) is 48.4 Å². The molecule has 0 unspecified atom stereocenters. The molecular weight excluding hydrogens is 520 g/mol. The molecule has 222 valence electrons. The predicted molar refractivity (Wildman–Crippen MR) is 160 cm³/mol. The minimum Gasteiger partial charge on any atom is -0.489 e. The van der Waals surface area contributed by atoms with Crippen LogP contribution in [0.3, 0.4) is 0 Å². The summed E-state index contributed by atoms with van der Waals surface area (Å²) >= 11 is 0. The first-order valence-electron chi connectivity index (χ1n) is 14.1. The summed E-state index contributed by atoms with van der Waals surface area (Å²) in [6.45, 7) is 11.4. The standard InChI is InChI=1S/C33H44N2O6/c1-5-7-14-32(38)41-23-30(24(3)4)35-33(39)27(11-6-2)20-31(37)34-28(21-36)19-25-15-17-29(18-16-25)40-22-26-12-9-8-10-13-26/h5-6,8-10,12-13,15-18,24,27-28,30,36H,1-2,7,11,14,19-23H2,3-4H3,(H,34,37)(H,35,39)/t27-,28-,30+/m0/s1. The number of rotatable bonds is 19. The molecule has 0 saturated carbocycles. The van der Waals surface area contributed by atoms with Gasteiger partial charge in [-0.2, -0.15) is 0 Å². The summed E-state index contributed by atoms with van der Waals surface area (Å²) in [6, 6.07) is 16.5. The molecule has 0 aliphatic rings. The first kappa shape index (κ1) is 33.3. The Morgan fingerprint density at radius 2 is 1.66 bits per heavy atom. The van der Waals surface area contributed by atoms with Crippen molar-refractivity contribution >= 4 is 17.8 Å². The summed E-state index contributed by atoms with van der Waals surface area (Å²) in [4.78, 5) is 37.8. The zero-order chi connectivity index (χ0) is 30.0. The molecule has 2 amide bonds. The number of ether oxygens (including phenoxy) is 2. The van der Waals surface area contributed by atoms with Gasteiger partial charge in [-0.3, -0.25) is 14.4 Å². The SMILES string of the molecule is C=CCCC(=O)OC[C@@H](NC(=O)[C@@H](CC=C)CC(=O)N[C@H](CO)Cc1ccc(OCc2ccccc2)cc1)C(C)C. The van der Waals surface area contributed by atoms with E-state index in [-0.39, 0.29) is 49.8 Å². The highest BCUT2D eigenvalue weighted by atomic mass is 16.5. The van der Waals surface area contributed by atoms with Crippen molar-refractivity contribution in [3.05, 3.63) is 91.0 Å². The number of carbonyl (C=O) groups is 3. The van der Waals surface area contributed by atoms with Crippen molar-refractivity contribution in [2.75, 3.05) is 13.2 Å². The van der Waals surface area contributed by atoms with E-state index in [9.17, 15) is 19.5 Å². The van der Waals surface area contributed by atoms with Gasteiger partial charge in [0.2, 0.25) is 11.8 Å². The molecular formula is C33H44N2O6. The van der Waals surface area contributed by atoms with Crippen LogP contribution in [0.5, 0.6) is 5.75 Å². The number of aliphatic hydroxyl groups is 1. The average molecular weight is 565 g/mol. The van der Waals surface area contributed by atoms with Crippen molar-refractivity contribution in [3.63, 3.8) is 0 Å². The maximum absolute atomic E-state index is 13.1. The van der Waals surface area contributed by atoms with Gasteiger partial charge in [-0.1, -0.05) is 68.5 Å². The molecule has 0 saturated heterocycles. The number of esters is 1. The van der Waals surface area contributed by atoms with Crippen LogP contribution in [0.25, 0.3) is 0 Å². The molecule has 0 aliphatic carbocycles. The van der Waals surface area contributed by atoms with Crippen molar-refractivity contribution in [2.45, 2.75) is 64.6 Å². The van der Waals surface area contributed by atoms with Gasteiger partial charge in [0, 0.05) is 12.8 Å². The molecule has 0 heterocycles. The molecule has 3 atom stereocenters. The van der Waals surface area contributed by atoms with Crippen LogP contribution in [-0.4, -0.2) is 48.2 Å². The molecule has 0 radical (unpaired) electrons. The first-order valence-corrected chi connectivity index (χ1v) is 14.1. The van der Waals surface area contributed by atoms with Gasteiger partial charge in [0.25, 0.3) is 0 Å². The predicted octanol–water partition coefficient (Wildman–Crippen LogP) is 4.52. The van der Waals surface area contributed by atoms with Crippen LogP contribution in [0.1, 0.15) is 50.7 Å². The molecule has 3 N–H and O–H groups in total. The molecule has 0 bridgehead atoms. The fourth-order valence-corrected chi connectivity index (χ4v) is 4.08. The van der Waals surface area contributed by atoms with Gasteiger partial charge in [-0.25, -0.2) is 0 Å². The van der Waals surface area contributed by atoms with Crippen LogP contribution in [0, 0.1) is 11.8 Å². The van der Waals surface area contributed by atoms with Crippen molar-refractivity contribution in [3.8, 4) is 5.75 Å². The van der Waals surface area contributed by atoms with Crippen LogP contribution in [0.4, 0.5) is 0 Å². The Bertz CT molecular complexity index is 1100. The number of carbonyl (C=O) groups excluding carboxylic acids is 3. The van der Waals surface area contributed by atoms with Gasteiger partial charge in [0.15, 0.2) is 0 Å².